The van der Waals surface area contributed by atoms with Crippen molar-refractivity contribution in [3.05, 3.63) is 12.2 Å². The molecule has 0 saturated carbocycles. The minimum absolute atomic E-state index is 0.259. The van der Waals surface area contributed by atoms with Gasteiger partial charge < -0.3 is 50.5 Å². The van der Waals surface area contributed by atoms with Crippen molar-refractivity contribution in [2.75, 3.05) is 13.2 Å². The summed E-state index contributed by atoms with van der Waals surface area (Å²) in [4.78, 5) is 13.1. The van der Waals surface area contributed by atoms with Crippen LogP contribution < -0.4 is 5.32 Å². The van der Waals surface area contributed by atoms with E-state index in [9.17, 15) is 40.5 Å². The van der Waals surface area contributed by atoms with Crippen molar-refractivity contribution < 1.29 is 50.0 Å². The Balaban J connectivity index is 2.30. The molecule has 8 N–H and O–H groups in total. The highest BCUT2D eigenvalue weighted by molar-refractivity contribution is 5.80. The number of amides is 1. The Morgan fingerprint density at radius 2 is 0.967 bits per heavy atom. The number of unbranched alkanes of at least 4 members (excludes halogenated alkanes) is 28. The van der Waals surface area contributed by atoms with Crippen LogP contribution >= 0.6 is 0 Å². The van der Waals surface area contributed by atoms with E-state index in [0.29, 0.717) is 19.3 Å². The molecule has 1 aliphatic rings. The number of carbonyl (C=O) groups is 1. The van der Waals surface area contributed by atoms with E-state index in [-0.39, 0.29) is 6.42 Å². The van der Waals surface area contributed by atoms with Gasteiger partial charge in [0.15, 0.2) is 6.29 Å². The third kappa shape index (κ3) is 28.5. The van der Waals surface area contributed by atoms with Crippen LogP contribution in [0.4, 0.5) is 0 Å². The number of hydrogen-bond donors (Lipinski definition) is 8. The topological polar surface area (TPSA) is 189 Å². The zero-order valence-corrected chi connectivity index (χ0v) is 38.5. The van der Waals surface area contributed by atoms with Gasteiger partial charge in [-0.2, -0.15) is 0 Å². The van der Waals surface area contributed by atoms with E-state index in [2.05, 4.69) is 31.3 Å². The molecular weight excluding hydrogens is 763 g/mol. The van der Waals surface area contributed by atoms with Gasteiger partial charge >= 0.3 is 0 Å². The molecule has 1 fully saturated rings. The maximum Gasteiger partial charge on any atom is 0.249 e. The lowest BCUT2D eigenvalue weighted by Crippen LogP contribution is -2.60. The molecule has 356 valence electrons. The summed E-state index contributed by atoms with van der Waals surface area (Å²) in [7, 11) is 0. The molecule has 9 unspecified atom stereocenters. The van der Waals surface area contributed by atoms with Crippen molar-refractivity contribution in [3.8, 4) is 0 Å². The Morgan fingerprint density at radius 3 is 1.40 bits per heavy atom. The smallest absolute Gasteiger partial charge is 0.249 e. The Hall–Kier alpha value is -1.15. The van der Waals surface area contributed by atoms with Crippen molar-refractivity contribution in [2.24, 2.45) is 0 Å². The zero-order valence-electron chi connectivity index (χ0n) is 38.5. The lowest BCUT2D eigenvalue weighted by molar-refractivity contribution is -0.303. The Kier molecular flexibility index (Phi) is 37.4. The molecule has 1 saturated heterocycles. The predicted octanol–water partition coefficient (Wildman–Crippen LogP) is 8.84. The quantitative estimate of drug-likeness (QED) is 0.0218. The van der Waals surface area contributed by atoms with Gasteiger partial charge in [-0.25, -0.2) is 0 Å². The molecular formula is C49H95NO10. The molecule has 1 heterocycles. The van der Waals surface area contributed by atoms with Gasteiger partial charge in [0.25, 0.3) is 0 Å². The molecule has 9 atom stereocenters. The maximum absolute atomic E-state index is 13.1. The normalized spacial score (nSPS) is 21.6. The molecule has 11 nitrogen and oxygen atoms in total. The summed E-state index contributed by atoms with van der Waals surface area (Å²) >= 11 is 0. The van der Waals surface area contributed by atoms with Crippen LogP contribution in [0, 0.1) is 0 Å². The van der Waals surface area contributed by atoms with Crippen LogP contribution in [-0.2, 0) is 14.3 Å². The molecule has 0 radical (unpaired) electrons. The Morgan fingerprint density at radius 1 is 0.567 bits per heavy atom. The molecule has 1 aliphatic heterocycles. The van der Waals surface area contributed by atoms with E-state index in [1.807, 2.05) is 0 Å². The second-order valence-electron chi connectivity index (χ2n) is 17.9. The maximum atomic E-state index is 13.1. The SMILES string of the molecule is CCCCCCCCCCCCCC/C=C\CCCCCCCCCCC(O)C(=O)NC(COC1OC(CO)C(O)C(O)C1O)C(O)C(O)CCCCCCCCCCC. The van der Waals surface area contributed by atoms with Gasteiger partial charge in [-0.15, -0.1) is 0 Å². The van der Waals surface area contributed by atoms with Crippen LogP contribution in [0.5, 0.6) is 0 Å². The second-order valence-corrected chi connectivity index (χ2v) is 17.9. The van der Waals surface area contributed by atoms with E-state index in [4.69, 9.17) is 9.47 Å². The standard InChI is InChI=1S/C49H95NO10/c1-3-5-7-9-11-13-14-15-16-17-18-19-20-21-22-23-24-25-26-27-29-31-33-35-37-42(53)48(58)50-40(39-59-49-47(57)46(56)45(55)43(38-51)60-49)44(54)41(52)36-34-32-30-28-12-10-8-6-4-2/h21-22,40-47,49,51-57H,3-20,23-39H2,1-2H3,(H,50,58)/b22-21-. The fraction of sp³-hybridized carbons (Fsp3) is 0.939. The summed E-state index contributed by atoms with van der Waals surface area (Å²) in [5.41, 5.74) is 0. The number of aliphatic hydroxyl groups excluding tert-OH is 7. The second kappa shape index (κ2) is 39.4. The van der Waals surface area contributed by atoms with Gasteiger partial charge in [0.05, 0.1) is 25.4 Å². The number of nitrogens with one attached hydrogen (secondary N) is 1. The fourth-order valence-electron chi connectivity index (χ4n) is 8.14. The summed E-state index contributed by atoms with van der Waals surface area (Å²) < 4.78 is 11.1. The molecule has 1 amide bonds. The summed E-state index contributed by atoms with van der Waals surface area (Å²) in [5.74, 6) is -0.699. The van der Waals surface area contributed by atoms with Crippen molar-refractivity contribution in [1.29, 1.82) is 0 Å². The minimum atomic E-state index is -1.66. The minimum Gasteiger partial charge on any atom is -0.394 e. The molecule has 0 aliphatic carbocycles. The summed E-state index contributed by atoms with van der Waals surface area (Å²) in [5, 5.41) is 75.6. The molecule has 1 rings (SSSR count). The van der Waals surface area contributed by atoms with Gasteiger partial charge in [0.2, 0.25) is 5.91 Å². The van der Waals surface area contributed by atoms with Crippen molar-refractivity contribution >= 4 is 5.91 Å². The van der Waals surface area contributed by atoms with E-state index in [0.717, 1.165) is 44.9 Å². The summed E-state index contributed by atoms with van der Waals surface area (Å²) in [6.45, 7) is 3.42. The van der Waals surface area contributed by atoms with Crippen LogP contribution in [0.25, 0.3) is 0 Å². The number of aliphatic hydroxyl groups is 7. The molecule has 0 aromatic heterocycles. The lowest BCUT2D eigenvalue weighted by Gasteiger charge is -2.40. The third-order valence-corrected chi connectivity index (χ3v) is 12.3. The van der Waals surface area contributed by atoms with Crippen LogP contribution in [0.2, 0.25) is 0 Å². The van der Waals surface area contributed by atoms with Gasteiger partial charge in [-0.3, -0.25) is 4.79 Å². The molecule has 0 aromatic rings. The zero-order chi connectivity index (χ0) is 44.1. The van der Waals surface area contributed by atoms with E-state index < -0.39 is 74.2 Å². The number of hydrogen-bond acceptors (Lipinski definition) is 10. The number of rotatable bonds is 42. The Labute approximate surface area is 366 Å². The average molecular weight is 858 g/mol. The first-order valence-electron chi connectivity index (χ1n) is 25.1. The van der Waals surface area contributed by atoms with Crippen LogP contribution in [0.15, 0.2) is 12.2 Å². The predicted molar refractivity (Wildman–Crippen MR) is 243 cm³/mol. The van der Waals surface area contributed by atoms with Gasteiger partial charge in [0, 0.05) is 0 Å². The number of ether oxygens (including phenoxy) is 2. The Bertz CT molecular complexity index is 986. The van der Waals surface area contributed by atoms with Crippen LogP contribution in [-0.4, -0.2) is 110 Å². The van der Waals surface area contributed by atoms with Crippen molar-refractivity contribution in [1.82, 2.24) is 5.32 Å². The highest BCUT2D eigenvalue weighted by Gasteiger charge is 2.44. The van der Waals surface area contributed by atoms with Gasteiger partial charge in [0.1, 0.15) is 36.6 Å². The third-order valence-electron chi connectivity index (χ3n) is 12.3. The fourth-order valence-corrected chi connectivity index (χ4v) is 8.14. The molecule has 11 heteroatoms. The van der Waals surface area contributed by atoms with Crippen LogP contribution in [0.3, 0.4) is 0 Å². The van der Waals surface area contributed by atoms with Crippen molar-refractivity contribution in [2.45, 2.75) is 281 Å². The average Bonchev–Trinajstić information content (AvgIpc) is 3.25. The first kappa shape index (κ1) is 56.9. The van der Waals surface area contributed by atoms with E-state index >= 15 is 0 Å². The van der Waals surface area contributed by atoms with Gasteiger partial charge in [-0.05, 0) is 38.5 Å². The molecule has 0 bridgehead atoms. The highest BCUT2D eigenvalue weighted by atomic mass is 16.7. The molecule has 0 aromatic carbocycles. The highest BCUT2D eigenvalue weighted by Crippen LogP contribution is 2.23. The largest absolute Gasteiger partial charge is 0.394 e. The number of allylic oxidation sites excluding steroid dienone is 2. The first-order chi connectivity index (χ1) is 29.2. The lowest BCUT2D eigenvalue weighted by atomic mass is 9.98. The van der Waals surface area contributed by atoms with Crippen molar-refractivity contribution in [3.63, 3.8) is 0 Å². The van der Waals surface area contributed by atoms with Crippen LogP contribution in [0.1, 0.15) is 226 Å². The first-order valence-corrected chi connectivity index (χ1v) is 25.1. The monoisotopic (exact) mass is 858 g/mol. The summed E-state index contributed by atoms with van der Waals surface area (Å²) in [6.07, 6.45) is 31.4. The molecule has 60 heavy (non-hydrogen) atoms. The number of carbonyl (C=O) groups excluding carboxylic acids is 1. The summed E-state index contributed by atoms with van der Waals surface area (Å²) in [6, 6.07) is -1.16. The van der Waals surface area contributed by atoms with Gasteiger partial charge in [-0.1, -0.05) is 199 Å². The molecule has 0 spiro atoms. The van der Waals surface area contributed by atoms with E-state index in [1.165, 1.54) is 141 Å². The van der Waals surface area contributed by atoms with E-state index in [1.54, 1.807) is 0 Å².